The Bertz CT molecular complexity index is 2860. The minimum atomic E-state index is -4.96. The molecule has 17 nitrogen and oxygen atoms in total. The fourth-order valence-electron chi connectivity index (χ4n) is 10.4. The maximum Gasteiger partial charge on any atom is 0.417 e. The Labute approximate surface area is 432 Å². The lowest BCUT2D eigenvalue weighted by molar-refractivity contribution is -0.138. The van der Waals surface area contributed by atoms with Gasteiger partial charge in [0.1, 0.15) is 11.9 Å². The molecule has 4 aliphatic heterocycles. The second kappa shape index (κ2) is 23.7. The van der Waals surface area contributed by atoms with Crippen LogP contribution in [0.4, 0.5) is 34.6 Å². The summed E-state index contributed by atoms with van der Waals surface area (Å²) in [4.78, 5) is 101. The summed E-state index contributed by atoms with van der Waals surface area (Å²) < 4.78 is 57.7. The topological polar surface area (TPSA) is 200 Å². The number of nitrogens with one attached hydrogen (secondary N) is 5. The number of hydrogen-bond donors (Lipinski definition) is 5. The van der Waals surface area contributed by atoms with E-state index in [-0.39, 0.29) is 53.2 Å². The second-order valence-electron chi connectivity index (χ2n) is 20.0. The molecule has 5 heterocycles. The quantitative estimate of drug-likeness (QED) is 0.0414. The number of piperazine rings is 2. The highest BCUT2D eigenvalue weighted by Gasteiger charge is 2.46. The molecule has 3 atom stereocenters. The number of alkyl halides is 3. The van der Waals surface area contributed by atoms with Crippen LogP contribution >= 0.6 is 0 Å². The van der Waals surface area contributed by atoms with Gasteiger partial charge in [0.05, 0.1) is 33.6 Å². The number of rotatable bonds is 19. The summed E-state index contributed by atoms with van der Waals surface area (Å²) in [6.07, 6.45) is 0.637. The van der Waals surface area contributed by atoms with Crippen molar-refractivity contribution in [2.75, 3.05) is 81.5 Å². The first-order valence-electron chi connectivity index (χ1n) is 25.7. The van der Waals surface area contributed by atoms with Crippen LogP contribution in [-0.4, -0.2) is 144 Å². The van der Waals surface area contributed by atoms with Crippen LogP contribution in [0.15, 0.2) is 71.7 Å². The van der Waals surface area contributed by atoms with E-state index in [9.17, 15) is 46.7 Å². The van der Waals surface area contributed by atoms with E-state index in [1.165, 1.54) is 6.07 Å². The van der Waals surface area contributed by atoms with E-state index in [1.807, 2.05) is 7.05 Å². The predicted molar refractivity (Wildman–Crippen MR) is 275 cm³/mol. The normalized spacial score (nSPS) is 19.8. The van der Waals surface area contributed by atoms with Gasteiger partial charge in [-0.25, -0.2) is 4.39 Å². The van der Waals surface area contributed by atoms with Gasteiger partial charge in [0.15, 0.2) is 0 Å². The number of aromatic nitrogens is 1. The molecular weight excluding hydrogens is 977 g/mol. The zero-order valence-corrected chi connectivity index (χ0v) is 42.4. The molecule has 4 aromatic rings. The summed E-state index contributed by atoms with van der Waals surface area (Å²) in [7, 11) is 2.02. The molecule has 3 saturated heterocycles. The van der Waals surface area contributed by atoms with Gasteiger partial charge in [-0.3, -0.25) is 58.5 Å². The molecule has 0 bridgehead atoms. The molecule has 5 N–H and O–H groups in total. The zero-order chi connectivity index (χ0) is 53.6. The van der Waals surface area contributed by atoms with E-state index in [2.05, 4.69) is 59.7 Å². The number of hydrogen-bond acceptors (Lipinski definition) is 12. The molecule has 1 aromatic heterocycles. The highest BCUT2D eigenvalue weighted by molar-refractivity contribution is 6.25. The summed E-state index contributed by atoms with van der Waals surface area (Å²) in [6.45, 7) is 10.7. The highest BCUT2D eigenvalue weighted by Crippen LogP contribution is 2.37. The van der Waals surface area contributed by atoms with Gasteiger partial charge in [-0.05, 0) is 87.7 Å². The standard InChI is InChI=1S/C54H64F4N10O7/c1-33-30-67(31-34(2)64(33)3)44-16-14-36(27-43(44)62-50(72)39-29-61-48(71)28-40(39)54(56,57)58)38-26-35(13-15-41(38)55)32-66-24-22-65(23-25-66)21-20-60-46(69)12-7-5-4-6-8-19-59-42-11-9-10-37-49(42)53(75)68(52(37)74)45-17-18-47(70)63-51(45)73/h9-11,13-16,26-29,33-34,45,59H,4-8,12,17-25,30-32H2,1-3H3,(H,60,69)(H,61,71)(H,62,72)(H,63,70,73)/t33-,34+,45?. The maximum absolute atomic E-state index is 15.7. The van der Waals surface area contributed by atoms with Crippen molar-refractivity contribution in [3.8, 4) is 11.1 Å². The number of halogens is 4. The maximum atomic E-state index is 15.7. The number of pyridine rings is 1. The summed E-state index contributed by atoms with van der Waals surface area (Å²) in [6, 6.07) is 14.5. The number of carbonyl (C=O) groups excluding carboxylic acids is 6. The summed E-state index contributed by atoms with van der Waals surface area (Å²) >= 11 is 0. The van der Waals surface area contributed by atoms with Crippen LogP contribution in [-0.2, 0) is 27.1 Å². The molecule has 0 saturated carbocycles. The summed E-state index contributed by atoms with van der Waals surface area (Å²) in [5, 5.41) is 11.2. The minimum absolute atomic E-state index is 0.00272. The number of piperidine rings is 1. The molecule has 4 aliphatic rings. The van der Waals surface area contributed by atoms with Crippen LogP contribution < -0.4 is 31.7 Å². The van der Waals surface area contributed by atoms with Crippen LogP contribution in [0.2, 0.25) is 0 Å². The Morgan fingerprint density at radius 3 is 2.24 bits per heavy atom. The van der Waals surface area contributed by atoms with Crippen molar-refractivity contribution in [1.29, 1.82) is 0 Å². The number of imide groups is 2. The third-order valence-corrected chi connectivity index (χ3v) is 14.7. The number of aromatic amines is 1. The lowest BCUT2D eigenvalue weighted by atomic mass is 9.99. The zero-order valence-electron chi connectivity index (χ0n) is 42.4. The molecule has 3 fully saturated rings. The van der Waals surface area contributed by atoms with Gasteiger partial charge in [-0.2, -0.15) is 13.2 Å². The van der Waals surface area contributed by atoms with Gasteiger partial charge in [-0.1, -0.05) is 37.5 Å². The number of amides is 6. The predicted octanol–water partition coefficient (Wildman–Crippen LogP) is 6.07. The molecule has 0 aliphatic carbocycles. The lowest BCUT2D eigenvalue weighted by Crippen LogP contribution is -2.55. The van der Waals surface area contributed by atoms with E-state index < -0.39 is 64.3 Å². The van der Waals surface area contributed by atoms with Gasteiger partial charge >= 0.3 is 6.18 Å². The van der Waals surface area contributed by atoms with Gasteiger partial charge in [0.25, 0.3) is 17.7 Å². The number of unbranched alkanes of at least 4 members (excludes halogenated alkanes) is 4. The Kier molecular flexibility index (Phi) is 17.2. The molecule has 75 heavy (non-hydrogen) atoms. The fourth-order valence-corrected chi connectivity index (χ4v) is 10.4. The van der Waals surface area contributed by atoms with Gasteiger partial charge in [-0.15, -0.1) is 0 Å². The van der Waals surface area contributed by atoms with Crippen LogP contribution in [0.3, 0.4) is 0 Å². The monoisotopic (exact) mass is 1040 g/mol. The number of anilines is 3. The van der Waals surface area contributed by atoms with E-state index in [4.69, 9.17) is 0 Å². The largest absolute Gasteiger partial charge is 0.417 e. The molecule has 1 unspecified atom stereocenters. The lowest BCUT2D eigenvalue weighted by Gasteiger charge is -2.44. The first-order valence-corrected chi connectivity index (χ1v) is 25.7. The van der Waals surface area contributed by atoms with Crippen molar-refractivity contribution < 1.29 is 46.3 Å². The second-order valence-corrected chi connectivity index (χ2v) is 20.0. The molecule has 21 heteroatoms. The van der Waals surface area contributed by atoms with E-state index in [0.717, 1.165) is 74.9 Å². The van der Waals surface area contributed by atoms with Crippen LogP contribution in [0, 0.1) is 5.82 Å². The number of likely N-dealkylation sites (N-methyl/N-ethyl adjacent to an activating group) is 1. The third kappa shape index (κ3) is 12.9. The van der Waals surface area contributed by atoms with E-state index in [0.29, 0.717) is 68.7 Å². The highest BCUT2D eigenvalue weighted by atomic mass is 19.4. The Hall–Kier alpha value is -6.97. The van der Waals surface area contributed by atoms with Crippen LogP contribution in [0.1, 0.15) is 107 Å². The first-order chi connectivity index (χ1) is 35.9. The van der Waals surface area contributed by atoms with Crippen molar-refractivity contribution in [2.24, 2.45) is 0 Å². The molecule has 8 rings (SSSR count). The summed E-state index contributed by atoms with van der Waals surface area (Å²) in [5.74, 6) is -3.75. The van der Waals surface area contributed by atoms with Crippen LogP contribution in [0.25, 0.3) is 11.1 Å². The first kappa shape index (κ1) is 54.3. The molecule has 0 radical (unpaired) electrons. The van der Waals surface area contributed by atoms with Crippen molar-refractivity contribution in [3.63, 3.8) is 0 Å². The smallest absolute Gasteiger partial charge is 0.384 e. The van der Waals surface area contributed by atoms with Crippen molar-refractivity contribution in [2.45, 2.75) is 96.1 Å². The summed E-state index contributed by atoms with van der Waals surface area (Å²) in [5.41, 5.74) is 0.203. The van der Waals surface area contributed by atoms with Crippen molar-refractivity contribution in [1.82, 2.24) is 35.2 Å². The Morgan fingerprint density at radius 1 is 0.787 bits per heavy atom. The van der Waals surface area contributed by atoms with Gasteiger partial charge < -0.3 is 25.8 Å². The average Bonchev–Trinajstić information content (AvgIpc) is 3.63. The van der Waals surface area contributed by atoms with Crippen molar-refractivity contribution in [3.05, 3.63) is 111 Å². The van der Waals surface area contributed by atoms with Crippen molar-refractivity contribution >= 4 is 52.5 Å². The van der Waals surface area contributed by atoms with Gasteiger partial charge in [0.2, 0.25) is 23.3 Å². The molecular formula is C54H64F4N10O7. The number of carbonyl (C=O) groups is 6. The number of nitrogens with zero attached hydrogens (tertiary/aromatic N) is 5. The fraction of sp³-hybridized carbons (Fsp3) is 0.463. The molecule has 400 valence electrons. The third-order valence-electron chi connectivity index (χ3n) is 14.7. The minimum Gasteiger partial charge on any atom is -0.384 e. The Balaban J connectivity index is 0.763. The van der Waals surface area contributed by atoms with Crippen LogP contribution in [0.5, 0.6) is 0 Å². The number of fused-ring (bicyclic) bond motifs is 1. The molecule has 0 spiro atoms. The molecule has 6 amide bonds. The SMILES string of the molecule is C[C@@H]1CN(c2ccc(-c3cc(CN4CCN(CCNC(=O)CCCCCCCNc5cccc6c5C(=O)N(C5CCC(=O)NC5=O)C6=O)CC4)ccc3F)cc2NC(=O)c2c[nH]c(=O)cc2C(F)(F)F)C[C@H](C)N1C. The van der Waals surface area contributed by atoms with E-state index in [1.54, 1.807) is 48.5 Å². The molecule has 3 aromatic carbocycles. The number of H-pyrrole nitrogens is 1. The van der Waals surface area contributed by atoms with Gasteiger partial charge in [0, 0.05) is 114 Å². The average molecular weight is 1040 g/mol. The Morgan fingerprint density at radius 2 is 1.51 bits per heavy atom. The number of benzene rings is 3. The van der Waals surface area contributed by atoms with E-state index >= 15 is 4.39 Å².